The van der Waals surface area contributed by atoms with Crippen LogP contribution < -0.4 is 0 Å². The summed E-state index contributed by atoms with van der Waals surface area (Å²) in [5, 5.41) is 8.78. The molecule has 78 valence electrons. The molecule has 1 heterocycles. The van der Waals surface area contributed by atoms with Gasteiger partial charge in [0.2, 0.25) is 0 Å². The van der Waals surface area contributed by atoms with E-state index in [9.17, 15) is 0 Å². The molecule has 0 unspecified atom stereocenters. The highest BCUT2D eigenvalue weighted by molar-refractivity contribution is 5.32. The third-order valence-corrected chi connectivity index (χ3v) is 2.57. The fraction of sp³-hybridized carbons (Fsp3) is 0.417. The van der Waals surface area contributed by atoms with Gasteiger partial charge in [0.25, 0.3) is 0 Å². The van der Waals surface area contributed by atoms with Crippen LogP contribution in [0.2, 0.25) is 0 Å². The Morgan fingerprint density at radius 1 is 1.33 bits per heavy atom. The second-order valence-electron chi connectivity index (χ2n) is 3.70. The lowest BCUT2D eigenvalue weighted by Gasteiger charge is -2.26. The van der Waals surface area contributed by atoms with Crippen molar-refractivity contribution < 1.29 is 4.74 Å². The van der Waals surface area contributed by atoms with Crippen molar-refractivity contribution in [3.8, 4) is 6.07 Å². The molecule has 0 spiro atoms. The standard InChI is InChI=1S/C12H14N2O/c13-9-11-2-1-3-12(8-11)10-14-4-6-15-7-5-14/h1-3,8H,4-7,10H2. The van der Waals surface area contributed by atoms with Crippen LogP contribution >= 0.6 is 0 Å². The molecule has 0 atom stereocenters. The average molecular weight is 202 g/mol. The van der Waals surface area contributed by atoms with Crippen LogP contribution in [0.4, 0.5) is 0 Å². The number of nitriles is 1. The Hall–Kier alpha value is -1.37. The fourth-order valence-electron chi connectivity index (χ4n) is 1.76. The van der Waals surface area contributed by atoms with Gasteiger partial charge >= 0.3 is 0 Å². The third-order valence-electron chi connectivity index (χ3n) is 2.57. The van der Waals surface area contributed by atoms with E-state index in [1.165, 1.54) is 5.56 Å². The number of hydrogen-bond donors (Lipinski definition) is 0. The molecule has 1 aliphatic rings. The highest BCUT2D eigenvalue weighted by Crippen LogP contribution is 2.09. The molecule has 0 radical (unpaired) electrons. The molecule has 1 aromatic rings. The smallest absolute Gasteiger partial charge is 0.0991 e. The zero-order valence-corrected chi connectivity index (χ0v) is 8.65. The van der Waals surface area contributed by atoms with Crippen molar-refractivity contribution in [2.75, 3.05) is 26.3 Å². The van der Waals surface area contributed by atoms with Crippen molar-refractivity contribution in [2.24, 2.45) is 0 Å². The van der Waals surface area contributed by atoms with Crippen LogP contribution in [0.15, 0.2) is 24.3 Å². The maximum atomic E-state index is 8.78. The number of hydrogen-bond acceptors (Lipinski definition) is 3. The van der Waals surface area contributed by atoms with Crippen LogP contribution in [0.3, 0.4) is 0 Å². The van der Waals surface area contributed by atoms with Gasteiger partial charge < -0.3 is 4.74 Å². The van der Waals surface area contributed by atoms with Crippen LogP contribution in [-0.4, -0.2) is 31.2 Å². The molecule has 0 aliphatic carbocycles. The Kier molecular flexibility index (Phi) is 3.33. The minimum atomic E-state index is 0.737. The van der Waals surface area contributed by atoms with Gasteiger partial charge in [0.15, 0.2) is 0 Å². The largest absolute Gasteiger partial charge is 0.379 e. The van der Waals surface area contributed by atoms with E-state index in [-0.39, 0.29) is 0 Å². The number of rotatable bonds is 2. The lowest BCUT2D eigenvalue weighted by atomic mass is 10.1. The molecule has 1 saturated heterocycles. The van der Waals surface area contributed by atoms with Crippen LogP contribution in [0, 0.1) is 11.3 Å². The van der Waals surface area contributed by atoms with E-state index in [4.69, 9.17) is 10.00 Å². The second-order valence-corrected chi connectivity index (χ2v) is 3.70. The Labute approximate surface area is 89.9 Å². The minimum Gasteiger partial charge on any atom is -0.379 e. The van der Waals surface area contributed by atoms with Gasteiger partial charge in [-0.1, -0.05) is 12.1 Å². The average Bonchev–Trinajstić information content (AvgIpc) is 2.31. The highest BCUT2D eigenvalue weighted by Gasteiger charge is 2.10. The quantitative estimate of drug-likeness (QED) is 0.727. The topological polar surface area (TPSA) is 36.3 Å². The normalized spacial score (nSPS) is 17.3. The van der Waals surface area contributed by atoms with E-state index in [0.29, 0.717) is 0 Å². The monoisotopic (exact) mass is 202 g/mol. The van der Waals surface area contributed by atoms with Crippen molar-refractivity contribution in [2.45, 2.75) is 6.54 Å². The van der Waals surface area contributed by atoms with Crippen LogP contribution in [0.25, 0.3) is 0 Å². The molecule has 0 amide bonds. The van der Waals surface area contributed by atoms with Crippen LogP contribution in [-0.2, 0) is 11.3 Å². The van der Waals surface area contributed by atoms with Crippen LogP contribution in [0.1, 0.15) is 11.1 Å². The summed E-state index contributed by atoms with van der Waals surface area (Å²) in [7, 11) is 0. The summed E-state index contributed by atoms with van der Waals surface area (Å²) in [5.41, 5.74) is 1.94. The fourth-order valence-corrected chi connectivity index (χ4v) is 1.76. The maximum Gasteiger partial charge on any atom is 0.0991 e. The molecular weight excluding hydrogens is 188 g/mol. The molecule has 0 aromatic heterocycles. The molecule has 3 nitrogen and oxygen atoms in total. The lowest BCUT2D eigenvalue weighted by Crippen LogP contribution is -2.35. The zero-order valence-electron chi connectivity index (χ0n) is 8.65. The number of nitrogens with zero attached hydrogens (tertiary/aromatic N) is 2. The summed E-state index contributed by atoms with van der Waals surface area (Å²) in [6.45, 7) is 4.52. The van der Waals surface area contributed by atoms with Gasteiger partial charge in [-0.25, -0.2) is 0 Å². The number of ether oxygens (including phenoxy) is 1. The molecule has 2 rings (SSSR count). The van der Waals surface area contributed by atoms with Gasteiger partial charge in [-0.15, -0.1) is 0 Å². The molecule has 3 heteroatoms. The van der Waals surface area contributed by atoms with E-state index >= 15 is 0 Å². The van der Waals surface area contributed by atoms with Crippen LogP contribution in [0.5, 0.6) is 0 Å². The summed E-state index contributed by atoms with van der Waals surface area (Å²) < 4.78 is 5.29. The van der Waals surface area contributed by atoms with Crippen molar-refractivity contribution in [3.63, 3.8) is 0 Å². The Morgan fingerprint density at radius 2 is 2.13 bits per heavy atom. The summed E-state index contributed by atoms with van der Waals surface area (Å²) in [5.74, 6) is 0. The van der Waals surface area contributed by atoms with E-state index in [2.05, 4.69) is 17.0 Å². The lowest BCUT2D eigenvalue weighted by molar-refractivity contribution is 0.0342. The van der Waals surface area contributed by atoms with E-state index in [1.54, 1.807) is 0 Å². The van der Waals surface area contributed by atoms with Gasteiger partial charge in [0.05, 0.1) is 24.8 Å². The predicted octanol–water partition coefficient (Wildman–Crippen LogP) is 1.39. The Balaban J connectivity index is 2.00. The van der Waals surface area contributed by atoms with Crippen molar-refractivity contribution in [3.05, 3.63) is 35.4 Å². The molecule has 15 heavy (non-hydrogen) atoms. The molecular formula is C12H14N2O. The first-order valence-corrected chi connectivity index (χ1v) is 5.17. The Morgan fingerprint density at radius 3 is 2.87 bits per heavy atom. The van der Waals surface area contributed by atoms with Gasteiger partial charge in [0, 0.05) is 19.6 Å². The summed E-state index contributed by atoms with van der Waals surface area (Å²) in [6, 6.07) is 9.96. The SMILES string of the molecule is N#Cc1cccc(CN2CCOCC2)c1. The zero-order chi connectivity index (χ0) is 10.5. The van der Waals surface area contributed by atoms with Crippen molar-refractivity contribution in [1.82, 2.24) is 4.90 Å². The summed E-state index contributed by atoms with van der Waals surface area (Å²) in [6.07, 6.45) is 0. The first-order chi connectivity index (χ1) is 7.38. The maximum absolute atomic E-state index is 8.78. The predicted molar refractivity (Wildman–Crippen MR) is 57.3 cm³/mol. The molecule has 1 aromatic carbocycles. The summed E-state index contributed by atoms with van der Waals surface area (Å²) in [4.78, 5) is 2.35. The van der Waals surface area contributed by atoms with Gasteiger partial charge in [0.1, 0.15) is 0 Å². The number of morpholine rings is 1. The Bertz CT molecular complexity index is 364. The first kappa shape index (κ1) is 10.2. The molecule has 0 N–H and O–H groups in total. The molecule has 1 aliphatic heterocycles. The molecule has 0 bridgehead atoms. The van der Waals surface area contributed by atoms with E-state index < -0.39 is 0 Å². The van der Waals surface area contributed by atoms with E-state index in [1.807, 2.05) is 18.2 Å². The van der Waals surface area contributed by atoms with E-state index in [0.717, 1.165) is 38.4 Å². The highest BCUT2D eigenvalue weighted by atomic mass is 16.5. The minimum absolute atomic E-state index is 0.737. The number of benzene rings is 1. The molecule has 1 fully saturated rings. The van der Waals surface area contributed by atoms with Gasteiger partial charge in [-0.2, -0.15) is 5.26 Å². The molecule has 0 saturated carbocycles. The van der Waals surface area contributed by atoms with Crippen molar-refractivity contribution in [1.29, 1.82) is 5.26 Å². The third kappa shape index (κ3) is 2.79. The summed E-state index contributed by atoms with van der Waals surface area (Å²) >= 11 is 0. The van der Waals surface area contributed by atoms with Gasteiger partial charge in [-0.05, 0) is 17.7 Å². The second kappa shape index (κ2) is 4.92. The first-order valence-electron chi connectivity index (χ1n) is 5.17. The van der Waals surface area contributed by atoms with Crippen molar-refractivity contribution >= 4 is 0 Å². The van der Waals surface area contributed by atoms with Gasteiger partial charge in [-0.3, -0.25) is 4.90 Å².